The number of hydrogen-bond donors (Lipinski definition) is 1. The molecule has 5 nitrogen and oxygen atoms in total. The Hall–Kier alpha value is -3.31. The minimum absolute atomic E-state index is 0.00508. The van der Waals surface area contributed by atoms with Crippen LogP contribution in [0.1, 0.15) is 37.0 Å². The maximum absolute atomic E-state index is 13.7. The third-order valence-electron chi connectivity index (χ3n) is 6.03. The van der Waals surface area contributed by atoms with Gasteiger partial charge in [-0.25, -0.2) is 0 Å². The first-order valence-corrected chi connectivity index (χ1v) is 12.3. The van der Waals surface area contributed by atoms with E-state index < -0.39 is 6.04 Å². The molecule has 35 heavy (non-hydrogen) atoms. The van der Waals surface area contributed by atoms with Gasteiger partial charge in [-0.1, -0.05) is 73.1 Å². The quantitative estimate of drug-likeness (QED) is 0.387. The lowest BCUT2D eigenvalue weighted by Gasteiger charge is -2.32. The van der Waals surface area contributed by atoms with E-state index in [0.29, 0.717) is 11.4 Å². The molecule has 3 aromatic rings. The third-order valence-corrected chi connectivity index (χ3v) is 6.26. The standard InChI is InChI=1S/C29H33ClN2O3/c1-4-21(2)31-29(34)27(18-22-9-6-5-7-10-22)32(20-24-11-8-12-25(30)17-24)28(33)19-23-13-15-26(35-3)16-14-23/h5-17,21,27H,4,18-20H2,1-3H3,(H,31,34)/t21-,27+/m1/s1. The summed E-state index contributed by atoms with van der Waals surface area (Å²) in [4.78, 5) is 28.9. The molecule has 0 aliphatic rings. The fraction of sp³-hybridized carbons (Fsp3) is 0.310. The Balaban J connectivity index is 1.95. The molecular weight excluding hydrogens is 460 g/mol. The number of halogens is 1. The molecule has 0 aliphatic carbocycles. The van der Waals surface area contributed by atoms with Crippen molar-refractivity contribution in [3.05, 3.63) is 101 Å². The molecule has 3 aromatic carbocycles. The Morgan fingerprint density at radius 2 is 1.63 bits per heavy atom. The summed E-state index contributed by atoms with van der Waals surface area (Å²) in [7, 11) is 1.61. The second-order valence-corrected chi connectivity index (χ2v) is 9.14. The molecule has 0 unspecified atom stereocenters. The van der Waals surface area contributed by atoms with Gasteiger partial charge in [-0.2, -0.15) is 0 Å². The Bertz CT molecular complexity index is 1100. The monoisotopic (exact) mass is 492 g/mol. The summed E-state index contributed by atoms with van der Waals surface area (Å²) in [5.74, 6) is 0.440. The third kappa shape index (κ3) is 7.86. The van der Waals surface area contributed by atoms with Gasteiger partial charge in [-0.3, -0.25) is 9.59 Å². The van der Waals surface area contributed by atoms with Gasteiger partial charge in [-0.15, -0.1) is 0 Å². The van der Waals surface area contributed by atoms with Crippen LogP contribution in [-0.4, -0.2) is 35.9 Å². The van der Waals surface area contributed by atoms with E-state index in [1.807, 2.05) is 86.6 Å². The zero-order valence-electron chi connectivity index (χ0n) is 20.5. The summed E-state index contributed by atoms with van der Waals surface area (Å²) >= 11 is 6.23. The summed E-state index contributed by atoms with van der Waals surface area (Å²) in [5, 5.41) is 3.68. The van der Waals surface area contributed by atoms with Crippen molar-refractivity contribution in [3.63, 3.8) is 0 Å². The number of carbonyl (C=O) groups excluding carboxylic acids is 2. The van der Waals surface area contributed by atoms with Crippen LogP contribution in [0.5, 0.6) is 5.75 Å². The molecule has 0 saturated heterocycles. The van der Waals surface area contributed by atoms with E-state index in [-0.39, 0.29) is 30.8 Å². The van der Waals surface area contributed by atoms with Crippen LogP contribution < -0.4 is 10.1 Å². The zero-order valence-corrected chi connectivity index (χ0v) is 21.3. The molecule has 0 heterocycles. The van der Waals surface area contributed by atoms with Gasteiger partial charge in [0, 0.05) is 24.0 Å². The molecule has 0 saturated carbocycles. The fourth-order valence-electron chi connectivity index (χ4n) is 3.85. The van der Waals surface area contributed by atoms with Gasteiger partial charge in [0.05, 0.1) is 13.5 Å². The van der Waals surface area contributed by atoms with Crippen molar-refractivity contribution in [2.24, 2.45) is 0 Å². The molecule has 6 heteroatoms. The van der Waals surface area contributed by atoms with E-state index in [1.54, 1.807) is 18.1 Å². The van der Waals surface area contributed by atoms with Crippen LogP contribution >= 0.6 is 11.6 Å². The van der Waals surface area contributed by atoms with Crippen molar-refractivity contribution >= 4 is 23.4 Å². The minimum Gasteiger partial charge on any atom is -0.497 e. The summed E-state index contributed by atoms with van der Waals surface area (Å²) in [5.41, 5.74) is 2.72. The van der Waals surface area contributed by atoms with Gasteiger partial charge < -0.3 is 15.0 Å². The molecule has 0 aliphatic heterocycles. The van der Waals surface area contributed by atoms with E-state index in [4.69, 9.17) is 16.3 Å². The highest BCUT2D eigenvalue weighted by Crippen LogP contribution is 2.20. The van der Waals surface area contributed by atoms with Gasteiger partial charge in [0.2, 0.25) is 11.8 Å². The first-order valence-electron chi connectivity index (χ1n) is 11.9. The van der Waals surface area contributed by atoms with Crippen LogP contribution in [0, 0.1) is 0 Å². The summed E-state index contributed by atoms with van der Waals surface area (Å²) in [6.45, 7) is 4.27. The minimum atomic E-state index is -0.670. The number of nitrogens with zero attached hydrogens (tertiary/aromatic N) is 1. The SMILES string of the molecule is CC[C@@H](C)NC(=O)[C@H](Cc1ccccc1)N(Cc1cccc(Cl)c1)C(=O)Cc1ccc(OC)cc1. The highest BCUT2D eigenvalue weighted by Gasteiger charge is 2.31. The molecule has 0 fully saturated rings. The van der Waals surface area contributed by atoms with E-state index >= 15 is 0 Å². The predicted octanol–water partition coefficient (Wildman–Crippen LogP) is 5.45. The van der Waals surface area contributed by atoms with E-state index in [2.05, 4.69) is 5.32 Å². The van der Waals surface area contributed by atoms with E-state index in [9.17, 15) is 9.59 Å². The second kappa shape index (κ2) is 13.0. The average molecular weight is 493 g/mol. The van der Waals surface area contributed by atoms with Gasteiger partial charge in [0.1, 0.15) is 11.8 Å². The number of nitrogens with one attached hydrogen (secondary N) is 1. The number of rotatable bonds is 11. The van der Waals surface area contributed by atoms with Crippen molar-refractivity contribution in [2.75, 3.05) is 7.11 Å². The molecule has 2 atom stereocenters. The highest BCUT2D eigenvalue weighted by molar-refractivity contribution is 6.30. The average Bonchev–Trinajstić information content (AvgIpc) is 2.87. The van der Waals surface area contributed by atoms with Crippen LogP contribution in [0.4, 0.5) is 0 Å². The summed E-state index contributed by atoms with van der Waals surface area (Å²) in [6, 6.07) is 24.0. The van der Waals surface area contributed by atoms with Crippen molar-refractivity contribution in [1.29, 1.82) is 0 Å². The van der Waals surface area contributed by atoms with Crippen LogP contribution in [0.15, 0.2) is 78.9 Å². The zero-order chi connectivity index (χ0) is 25.2. The molecule has 0 bridgehead atoms. The maximum Gasteiger partial charge on any atom is 0.243 e. The first kappa shape index (κ1) is 26.3. The van der Waals surface area contributed by atoms with Gasteiger partial charge in [-0.05, 0) is 54.3 Å². The predicted molar refractivity (Wildman–Crippen MR) is 141 cm³/mol. The van der Waals surface area contributed by atoms with Gasteiger partial charge >= 0.3 is 0 Å². The largest absolute Gasteiger partial charge is 0.497 e. The molecule has 0 spiro atoms. The second-order valence-electron chi connectivity index (χ2n) is 8.70. The molecule has 2 amide bonds. The normalized spacial score (nSPS) is 12.5. The number of benzene rings is 3. The molecule has 184 valence electrons. The lowest BCUT2D eigenvalue weighted by atomic mass is 10.0. The van der Waals surface area contributed by atoms with E-state index in [1.165, 1.54) is 0 Å². The molecule has 0 aromatic heterocycles. The van der Waals surface area contributed by atoms with Crippen LogP contribution in [0.2, 0.25) is 5.02 Å². The fourth-order valence-corrected chi connectivity index (χ4v) is 4.06. The molecule has 3 rings (SSSR count). The lowest BCUT2D eigenvalue weighted by Crippen LogP contribution is -2.52. The van der Waals surface area contributed by atoms with Gasteiger partial charge in [0.15, 0.2) is 0 Å². The summed E-state index contributed by atoms with van der Waals surface area (Å²) < 4.78 is 5.23. The molecular formula is C29H33ClN2O3. The van der Waals surface area contributed by atoms with Crippen molar-refractivity contribution in [1.82, 2.24) is 10.2 Å². The first-order chi connectivity index (χ1) is 16.9. The Morgan fingerprint density at radius 3 is 2.26 bits per heavy atom. The van der Waals surface area contributed by atoms with Crippen molar-refractivity contribution in [2.45, 2.75) is 51.7 Å². The maximum atomic E-state index is 13.7. The Kier molecular flexibility index (Phi) is 9.74. The lowest BCUT2D eigenvalue weighted by molar-refractivity contribution is -0.141. The number of amides is 2. The van der Waals surface area contributed by atoms with Gasteiger partial charge in [0.25, 0.3) is 0 Å². The number of ether oxygens (including phenoxy) is 1. The van der Waals surface area contributed by atoms with Crippen LogP contribution in [0.3, 0.4) is 0 Å². The highest BCUT2D eigenvalue weighted by atomic mass is 35.5. The molecule has 0 radical (unpaired) electrons. The Morgan fingerprint density at radius 1 is 0.943 bits per heavy atom. The molecule has 1 N–H and O–H groups in total. The topological polar surface area (TPSA) is 58.6 Å². The van der Waals surface area contributed by atoms with Crippen molar-refractivity contribution < 1.29 is 14.3 Å². The Labute approximate surface area is 213 Å². The number of hydrogen-bond acceptors (Lipinski definition) is 3. The van der Waals surface area contributed by atoms with Crippen molar-refractivity contribution in [3.8, 4) is 5.75 Å². The van der Waals surface area contributed by atoms with Crippen LogP contribution in [0.25, 0.3) is 0 Å². The number of carbonyl (C=O) groups is 2. The number of methoxy groups -OCH3 is 1. The van der Waals surface area contributed by atoms with E-state index in [0.717, 1.165) is 28.9 Å². The van der Waals surface area contributed by atoms with Crippen LogP contribution in [-0.2, 0) is 29.0 Å². The summed E-state index contributed by atoms with van der Waals surface area (Å²) in [6.07, 6.45) is 1.39. The smallest absolute Gasteiger partial charge is 0.243 e.